The summed E-state index contributed by atoms with van der Waals surface area (Å²) in [6, 6.07) is 0.276. The maximum absolute atomic E-state index is 13.9. The van der Waals surface area contributed by atoms with Crippen molar-refractivity contribution in [2.75, 3.05) is 19.7 Å². The van der Waals surface area contributed by atoms with E-state index < -0.39 is 42.9 Å². The highest BCUT2D eigenvalue weighted by atomic mass is 16.7. The van der Waals surface area contributed by atoms with Gasteiger partial charge in [-0.25, -0.2) is 0 Å². The molecule has 3 saturated heterocycles. The second kappa shape index (κ2) is 10.7. The van der Waals surface area contributed by atoms with Gasteiger partial charge in [-0.2, -0.15) is 0 Å². The molecule has 0 bridgehead atoms. The predicted octanol–water partition coefficient (Wildman–Crippen LogP) is 1.71. The molecule has 3 heterocycles. The van der Waals surface area contributed by atoms with Gasteiger partial charge in [-0.3, -0.25) is 9.69 Å². The van der Waals surface area contributed by atoms with Crippen molar-refractivity contribution in [3.8, 4) is 0 Å². The minimum absolute atomic E-state index is 0.0958. The normalized spacial score (nSPS) is 57.9. The summed E-state index contributed by atoms with van der Waals surface area (Å²) in [6.45, 7) is 8.49. The minimum Gasteiger partial charge on any atom is -0.394 e. The SMILES string of the molecule is CC1CCC2N(C1)CC1C3CC4C(CC(=O)C5CC(OC6OC(CO)C(O)C(O)C6O)CC[C@@]54C)C3CCC1[C@]2(C)O. The summed E-state index contributed by atoms with van der Waals surface area (Å²) in [5.41, 5.74) is -0.745. The fourth-order valence-electron chi connectivity index (χ4n) is 11.8. The van der Waals surface area contributed by atoms with Crippen LogP contribution in [-0.4, -0.2) is 104 Å². The number of aliphatic hydroxyl groups is 5. The lowest BCUT2D eigenvalue weighted by molar-refractivity contribution is -0.315. The number of hydrogen-bond acceptors (Lipinski definition) is 9. The Balaban J connectivity index is 1.07. The molecule has 0 spiro atoms. The van der Waals surface area contributed by atoms with Crippen LogP contribution >= 0.6 is 0 Å². The van der Waals surface area contributed by atoms with Gasteiger partial charge in [0.1, 0.15) is 30.2 Å². The number of aliphatic hydroxyl groups excluding tert-OH is 4. The van der Waals surface area contributed by atoms with Crippen molar-refractivity contribution in [2.45, 2.75) is 127 Å². The van der Waals surface area contributed by atoms with E-state index in [4.69, 9.17) is 9.47 Å². The highest BCUT2D eigenvalue weighted by Crippen LogP contribution is 2.66. The van der Waals surface area contributed by atoms with Crippen LogP contribution < -0.4 is 0 Å². The number of ether oxygens (including phenoxy) is 2. The predicted molar refractivity (Wildman–Crippen MR) is 153 cm³/mol. The van der Waals surface area contributed by atoms with Crippen molar-refractivity contribution in [3.05, 3.63) is 0 Å². The van der Waals surface area contributed by atoms with Gasteiger partial charge in [0.25, 0.3) is 0 Å². The summed E-state index contributed by atoms with van der Waals surface area (Å²) in [7, 11) is 0. The third-order valence-corrected chi connectivity index (χ3v) is 14.0. The van der Waals surface area contributed by atoms with E-state index in [2.05, 4.69) is 25.7 Å². The van der Waals surface area contributed by atoms with Crippen molar-refractivity contribution in [3.63, 3.8) is 0 Å². The molecule has 7 rings (SSSR count). The Labute approximate surface area is 249 Å². The van der Waals surface area contributed by atoms with E-state index >= 15 is 0 Å². The first kappa shape index (κ1) is 30.0. The fraction of sp³-hybridized carbons (Fsp3) is 0.970. The van der Waals surface area contributed by atoms with Crippen LogP contribution in [0.1, 0.15) is 78.6 Å². The first-order valence-corrected chi connectivity index (χ1v) is 16.9. The number of Topliss-reactive ketones (excluding diaryl/α,β-unsaturated/α-hetero) is 1. The Morgan fingerprint density at radius 1 is 0.905 bits per heavy atom. The molecule has 7 aliphatic rings. The molecule has 9 nitrogen and oxygen atoms in total. The van der Waals surface area contributed by atoms with Gasteiger partial charge in [0.15, 0.2) is 6.29 Å². The molecule has 238 valence electrons. The Kier molecular flexibility index (Phi) is 7.66. The average Bonchev–Trinajstić information content (AvgIpc) is 3.33. The zero-order chi connectivity index (χ0) is 29.7. The summed E-state index contributed by atoms with van der Waals surface area (Å²) in [5, 5.41) is 52.4. The molecule has 4 saturated carbocycles. The van der Waals surface area contributed by atoms with Gasteiger partial charge in [-0.05, 0) is 105 Å². The minimum atomic E-state index is -1.47. The molecular formula is C33H53NO8. The number of ketones is 1. The van der Waals surface area contributed by atoms with Crippen LogP contribution in [0, 0.1) is 52.8 Å². The third-order valence-electron chi connectivity index (χ3n) is 14.0. The zero-order valence-electron chi connectivity index (χ0n) is 25.6. The second-order valence-electron chi connectivity index (χ2n) is 16.0. The van der Waals surface area contributed by atoms with E-state index in [0.717, 1.165) is 51.6 Å². The van der Waals surface area contributed by atoms with Crippen molar-refractivity contribution in [2.24, 2.45) is 52.8 Å². The molecular weight excluding hydrogens is 538 g/mol. The Hall–Kier alpha value is -0.650. The lowest BCUT2D eigenvalue weighted by Crippen LogP contribution is -2.67. The van der Waals surface area contributed by atoms with E-state index in [1.807, 2.05) is 0 Å². The molecule has 42 heavy (non-hydrogen) atoms. The molecule has 0 aromatic rings. The standard InChI is InChI=1S/C33H53NO8/c1-16-4-7-27-33(3,40)22-6-5-18-19(21(22)14-34(27)13-16)11-23-20(18)12-25(36)24-10-17(8-9-32(23,24)2)41-31-30(39)29(38)28(37)26(15-35)42-31/h16-24,26-31,35,37-40H,4-15H2,1-3H3/t16?,17?,18?,19?,20?,21?,22?,23?,24?,26?,27?,28?,29?,30?,31?,32-,33+/m1/s1. The van der Waals surface area contributed by atoms with Crippen molar-refractivity contribution in [1.82, 2.24) is 4.90 Å². The molecule has 17 atom stereocenters. The average molecular weight is 592 g/mol. The van der Waals surface area contributed by atoms with Gasteiger partial charge in [0.2, 0.25) is 0 Å². The largest absolute Gasteiger partial charge is 0.394 e. The smallest absolute Gasteiger partial charge is 0.186 e. The van der Waals surface area contributed by atoms with E-state index in [1.165, 1.54) is 6.42 Å². The quantitative estimate of drug-likeness (QED) is 0.310. The van der Waals surface area contributed by atoms with Crippen molar-refractivity contribution >= 4 is 5.78 Å². The number of fused-ring (bicyclic) bond motifs is 8. The zero-order valence-corrected chi connectivity index (χ0v) is 25.6. The number of carbonyl (C=O) groups is 1. The fourth-order valence-corrected chi connectivity index (χ4v) is 11.8. The van der Waals surface area contributed by atoms with Gasteiger partial charge >= 0.3 is 0 Å². The van der Waals surface area contributed by atoms with Gasteiger partial charge < -0.3 is 35.0 Å². The van der Waals surface area contributed by atoms with E-state index in [9.17, 15) is 30.3 Å². The van der Waals surface area contributed by atoms with Crippen molar-refractivity contribution < 1.29 is 39.8 Å². The Morgan fingerprint density at radius 2 is 1.69 bits per heavy atom. The highest BCUT2D eigenvalue weighted by molar-refractivity contribution is 5.83. The maximum Gasteiger partial charge on any atom is 0.186 e. The van der Waals surface area contributed by atoms with Gasteiger partial charge in [-0.1, -0.05) is 13.8 Å². The van der Waals surface area contributed by atoms with Gasteiger partial charge in [0.05, 0.1) is 18.3 Å². The lowest BCUT2D eigenvalue weighted by atomic mass is 9.51. The maximum atomic E-state index is 13.9. The molecule has 9 heteroatoms. The second-order valence-corrected chi connectivity index (χ2v) is 16.0. The third kappa shape index (κ3) is 4.50. The summed E-state index contributed by atoms with van der Waals surface area (Å²) < 4.78 is 11.8. The lowest BCUT2D eigenvalue weighted by Gasteiger charge is -2.59. The van der Waals surface area contributed by atoms with Crippen LogP contribution in [-0.2, 0) is 14.3 Å². The number of rotatable bonds is 3. The summed E-state index contributed by atoms with van der Waals surface area (Å²) in [6.07, 6.45) is 1.67. The monoisotopic (exact) mass is 591 g/mol. The molecule has 4 aliphatic carbocycles. The number of piperidine rings is 2. The van der Waals surface area contributed by atoms with Crippen LogP contribution in [0.5, 0.6) is 0 Å². The molecule has 15 unspecified atom stereocenters. The molecule has 5 N–H and O–H groups in total. The summed E-state index contributed by atoms with van der Waals surface area (Å²) in [5.74, 6) is 3.79. The molecule has 3 aliphatic heterocycles. The number of hydrogen-bond donors (Lipinski definition) is 5. The van der Waals surface area contributed by atoms with Crippen molar-refractivity contribution in [1.29, 1.82) is 0 Å². The molecule has 0 amide bonds. The van der Waals surface area contributed by atoms with Gasteiger partial charge in [-0.15, -0.1) is 0 Å². The van der Waals surface area contributed by atoms with E-state index in [-0.39, 0.29) is 23.5 Å². The molecule has 0 radical (unpaired) electrons. The highest BCUT2D eigenvalue weighted by Gasteiger charge is 2.64. The van der Waals surface area contributed by atoms with Crippen LogP contribution in [0.25, 0.3) is 0 Å². The summed E-state index contributed by atoms with van der Waals surface area (Å²) >= 11 is 0. The molecule has 7 fully saturated rings. The van der Waals surface area contributed by atoms with Crippen LogP contribution in [0.3, 0.4) is 0 Å². The first-order chi connectivity index (χ1) is 19.9. The first-order valence-electron chi connectivity index (χ1n) is 16.9. The number of carbonyl (C=O) groups excluding carboxylic acids is 1. The van der Waals surface area contributed by atoms with E-state index in [0.29, 0.717) is 60.1 Å². The summed E-state index contributed by atoms with van der Waals surface area (Å²) in [4.78, 5) is 16.5. The van der Waals surface area contributed by atoms with Crippen LogP contribution in [0.4, 0.5) is 0 Å². The van der Waals surface area contributed by atoms with Crippen LogP contribution in [0.15, 0.2) is 0 Å². The topological polar surface area (TPSA) is 140 Å². The molecule has 0 aromatic carbocycles. The van der Waals surface area contributed by atoms with Gasteiger partial charge in [0, 0.05) is 31.5 Å². The molecule has 0 aromatic heterocycles. The number of nitrogens with zero attached hydrogens (tertiary/aromatic N) is 1. The Morgan fingerprint density at radius 3 is 2.45 bits per heavy atom. The Bertz CT molecular complexity index is 1040. The van der Waals surface area contributed by atoms with E-state index in [1.54, 1.807) is 0 Å². The van der Waals surface area contributed by atoms with Crippen LogP contribution in [0.2, 0.25) is 0 Å².